The number of likely N-dealkylation sites (N-methyl/N-ethyl adjacent to an activating group) is 1. The number of fused-ring (bicyclic) bond motifs is 1. The highest BCUT2D eigenvalue weighted by Gasteiger charge is 2.25. The molecule has 254 valence electrons. The number of pyridine rings is 1. The average molecular weight is 659 g/mol. The van der Waals surface area contributed by atoms with E-state index in [-0.39, 0.29) is 24.1 Å². The molecule has 0 unspecified atom stereocenters. The van der Waals surface area contributed by atoms with E-state index in [9.17, 15) is 19.2 Å². The molecule has 0 aliphatic carbocycles. The topological polar surface area (TPSA) is 121 Å². The molecule has 2 N–H and O–H groups in total. The van der Waals surface area contributed by atoms with Gasteiger partial charge in [-0.1, -0.05) is 30.3 Å². The van der Waals surface area contributed by atoms with Gasteiger partial charge in [-0.25, -0.2) is 14.0 Å². The highest BCUT2D eigenvalue weighted by Crippen LogP contribution is 2.31. The lowest BCUT2D eigenvalue weighted by molar-refractivity contribution is 0.00689. The number of benzene rings is 3. The van der Waals surface area contributed by atoms with Crippen molar-refractivity contribution in [2.75, 3.05) is 30.9 Å². The Morgan fingerprint density at radius 3 is 2.10 bits per heavy atom. The molecule has 0 bridgehead atoms. The lowest BCUT2D eigenvalue weighted by atomic mass is 9.98. The van der Waals surface area contributed by atoms with E-state index in [1.807, 2.05) is 35.2 Å². The van der Waals surface area contributed by atoms with Crippen LogP contribution in [-0.4, -0.2) is 59.7 Å². The Balaban J connectivity index is 1.75. The molecule has 4 rings (SSSR count). The van der Waals surface area contributed by atoms with Crippen molar-refractivity contribution in [2.45, 2.75) is 65.7 Å². The summed E-state index contributed by atoms with van der Waals surface area (Å²) in [6.45, 7) is 11.0. The summed E-state index contributed by atoms with van der Waals surface area (Å²) in [5.74, 6) is -1.81. The molecule has 0 radical (unpaired) electrons. The van der Waals surface area contributed by atoms with Crippen molar-refractivity contribution in [3.05, 3.63) is 105 Å². The lowest BCUT2D eigenvalue weighted by Gasteiger charge is -2.25. The summed E-state index contributed by atoms with van der Waals surface area (Å²) in [7, 11) is 3.34. The maximum Gasteiger partial charge on any atom is 0.410 e. The molecule has 1 heterocycles. The first kappa shape index (κ1) is 35.7. The van der Waals surface area contributed by atoms with E-state index >= 15 is 4.39 Å². The molecule has 0 fully saturated rings. The van der Waals surface area contributed by atoms with E-state index in [1.165, 1.54) is 41.3 Å². The summed E-state index contributed by atoms with van der Waals surface area (Å²) in [5.41, 5.74) is 0.336. The van der Waals surface area contributed by atoms with Gasteiger partial charge in [-0.2, -0.15) is 0 Å². The number of rotatable bonds is 9. The van der Waals surface area contributed by atoms with Gasteiger partial charge in [-0.3, -0.25) is 9.59 Å². The highest BCUT2D eigenvalue weighted by molar-refractivity contribution is 6.08. The predicted molar refractivity (Wildman–Crippen MR) is 185 cm³/mol. The average Bonchev–Trinajstić information content (AvgIpc) is 2.98. The van der Waals surface area contributed by atoms with Gasteiger partial charge in [0.05, 0.1) is 16.8 Å². The smallest absolute Gasteiger partial charge is 0.410 e. The van der Waals surface area contributed by atoms with E-state index in [0.717, 1.165) is 5.56 Å². The molecule has 11 heteroatoms. The van der Waals surface area contributed by atoms with Crippen LogP contribution in [0.4, 0.5) is 20.6 Å². The zero-order valence-corrected chi connectivity index (χ0v) is 28.7. The van der Waals surface area contributed by atoms with Crippen LogP contribution < -0.4 is 15.8 Å². The van der Waals surface area contributed by atoms with Crippen molar-refractivity contribution in [3.63, 3.8) is 0 Å². The molecular formula is C37H43FN4O6. The minimum absolute atomic E-state index is 0.0434. The van der Waals surface area contributed by atoms with Crippen molar-refractivity contribution in [1.29, 1.82) is 0 Å². The van der Waals surface area contributed by atoms with Crippen molar-refractivity contribution in [2.24, 2.45) is 0 Å². The second kappa shape index (κ2) is 14.3. The fraction of sp³-hybridized carbons (Fsp3) is 0.351. The number of esters is 1. The number of hydrogen-bond donors (Lipinski definition) is 2. The quantitative estimate of drug-likeness (QED) is 0.187. The molecule has 3 aromatic carbocycles. The van der Waals surface area contributed by atoms with Gasteiger partial charge in [0, 0.05) is 38.3 Å². The van der Waals surface area contributed by atoms with E-state index < -0.39 is 40.5 Å². The van der Waals surface area contributed by atoms with Gasteiger partial charge in [0.1, 0.15) is 22.6 Å². The van der Waals surface area contributed by atoms with Gasteiger partial charge in [0.2, 0.25) is 0 Å². The molecule has 0 saturated heterocycles. The number of nitrogens with zero attached hydrogens (tertiary/aromatic N) is 2. The Bertz CT molecular complexity index is 1860. The summed E-state index contributed by atoms with van der Waals surface area (Å²) < 4.78 is 26.2. The zero-order valence-electron chi connectivity index (χ0n) is 28.7. The third-order valence-electron chi connectivity index (χ3n) is 7.26. The van der Waals surface area contributed by atoms with Crippen LogP contribution in [0.15, 0.2) is 71.5 Å². The third kappa shape index (κ3) is 9.21. The number of hydrogen-bond acceptors (Lipinski definition) is 7. The van der Waals surface area contributed by atoms with E-state index in [0.29, 0.717) is 34.4 Å². The Hall–Kier alpha value is -5.19. The zero-order chi connectivity index (χ0) is 35.4. The third-order valence-corrected chi connectivity index (χ3v) is 7.26. The van der Waals surface area contributed by atoms with Crippen LogP contribution >= 0.6 is 0 Å². The molecule has 4 aromatic rings. The summed E-state index contributed by atoms with van der Waals surface area (Å²) in [6, 6.07) is 18.3. The van der Waals surface area contributed by atoms with Crippen molar-refractivity contribution in [3.8, 4) is 0 Å². The lowest BCUT2D eigenvalue weighted by Crippen LogP contribution is -2.36. The summed E-state index contributed by atoms with van der Waals surface area (Å²) >= 11 is 0. The number of carbonyl (C=O) groups is 3. The fourth-order valence-corrected chi connectivity index (χ4v) is 5.08. The van der Waals surface area contributed by atoms with Crippen LogP contribution in [-0.2, 0) is 22.4 Å². The van der Waals surface area contributed by atoms with E-state index in [1.54, 1.807) is 55.6 Å². The number of amides is 2. The van der Waals surface area contributed by atoms with Crippen LogP contribution in [0.5, 0.6) is 0 Å². The van der Waals surface area contributed by atoms with Crippen LogP contribution in [0.1, 0.15) is 73.4 Å². The normalized spacial score (nSPS) is 11.6. The number of anilines is 2. The Morgan fingerprint density at radius 1 is 0.875 bits per heavy atom. The molecule has 0 spiro atoms. The molecule has 0 aliphatic heterocycles. The van der Waals surface area contributed by atoms with Crippen molar-refractivity contribution >= 4 is 40.2 Å². The largest absolute Gasteiger partial charge is 0.456 e. The van der Waals surface area contributed by atoms with Crippen LogP contribution in [0, 0.1) is 5.82 Å². The second-order valence-corrected chi connectivity index (χ2v) is 13.7. The summed E-state index contributed by atoms with van der Waals surface area (Å²) in [6.07, 6.45) is -0.538. The van der Waals surface area contributed by atoms with Gasteiger partial charge in [-0.05, 0) is 95.5 Å². The Labute approximate surface area is 279 Å². The minimum atomic E-state index is -0.735. The van der Waals surface area contributed by atoms with Gasteiger partial charge in [0.15, 0.2) is 0 Å². The molecule has 1 aromatic heterocycles. The maximum absolute atomic E-state index is 15.3. The second-order valence-electron chi connectivity index (χ2n) is 13.7. The minimum Gasteiger partial charge on any atom is -0.456 e. The first-order valence-electron chi connectivity index (χ1n) is 15.6. The number of aromatic amines is 1. The maximum atomic E-state index is 15.3. The highest BCUT2D eigenvalue weighted by atomic mass is 19.1. The van der Waals surface area contributed by atoms with Gasteiger partial charge < -0.3 is 29.6 Å². The molecule has 2 amide bonds. The molecular weight excluding hydrogens is 615 g/mol. The van der Waals surface area contributed by atoms with Crippen LogP contribution in [0.3, 0.4) is 0 Å². The molecule has 0 aliphatic rings. The molecule has 48 heavy (non-hydrogen) atoms. The Morgan fingerprint density at radius 2 is 1.50 bits per heavy atom. The number of carbonyl (C=O) groups excluding carboxylic acids is 3. The number of halogens is 1. The van der Waals surface area contributed by atoms with Gasteiger partial charge in [0.25, 0.3) is 11.5 Å². The first-order chi connectivity index (χ1) is 22.4. The van der Waals surface area contributed by atoms with Gasteiger partial charge in [-0.15, -0.1) is 0 Å². The molecule has 0 saturated carbocycles. The predicted octanol–water partition coefficient (Wildman–Crippen LogP) is 6.92. The van der Waals surface area contributed by atoms with Gasteiger partial charge >= 0.3 is 12.1 Å². The number of ether oxygens (including phenoxy) is 2. The van der Waals surface area contributed by atoms with E-state index in [2.05, 4.69) is 10.3 Å². The number of nitrogens with one attached hydrogen (secondary N) is 2. The summed E-state index contributed by atoms with van der Waals surface area (Å²) in [5, 5.41) is 3.05. The molecule has 0 atom stereocenters. The van der Waals surface area contributed by atoms with E-state index in [4.69, 9.17) is 9.47 Å². The monoisotopic (exact) mass is 658 g/mol. The first-order valence-corrected chi connectivity index (χ1v) is 15.6. The van der Waals surface area contributed by atoms with Crippen LogP contribution in [0.25, 0.3) is 10.9 Å². The van der Waals surface area contributed by atoms with Crippen molar-refractivity contribution < 1.29 is 28.2 Å². The summed E-state index contributed by atoms with van der Waals surface area (Å²) in [4.78, 5) is 58.7. The number of aromatic nitrogens is 1. The van der Waals surface area contributed by atoms with Crippen LogP contribution in [0.2, 0.25) is 0 Å². The SMILES string of the molecule is CN(CCc1c(C(=O)Nc2ccc(C(=O)OC(C)(C)C)cc2)c(=O)[nH]c2c(N(C)Cc3ccccc3)cc(F)cc12)C(=O)OC(C)(C)C. The fourth-order valence-electron chi connectivity index (χ4n) is 5.08. The molecule has 10 nitrogen and oxygen atoms in total. The van der Waals surface area contributed by atoms with Crippen molar-refractivity contribution in [1.82, 2.24) is 9.88 Å². The Kier molecular flexibility index (Phi) is 10.6. The standard InChI is InChI=1S/C37H43FN4O6/c1-36(2,3)47-34(45)24-14-16-26(17-15-24)39-32(43)30-27(18-19-41(7)35(46)48-37(4,5)6)28-20-25(38)21-29(31(28)40-33(30)44)42(8)22-23-12-10-9-11-13-23/h9-17,20-21H,18-19,22H2,1-8H3,(H,39,43)(H,40,44). The number of H-pyrrole nitrogens is 1.